The Morgan fingerprint density at radius 1 is 1.21 bits per heavy atom. The van der Waals surface area contributed by atoms with Crippen molar-refractivity contribution in [3.63, 3.8) is 0 Å². The number of benzene rings is 1. The van der Waals surface area contributed by atoms with Gasteiger partial charge in [0, 0.05) is 12.6 Å². The SMILES string of the molecule is NC(CCOCC(F)(F)F)c1ccc2c(c1)CCC2. The van der Waals surface area contributed by atoms with E-state index >= 15 is 0 Å². The van der Waals surface area contributed by atoms with Gasteiger partial charge in [0.25, 0.3) is 0 Å². The van der Waals surface area contributed by atoms with Crippen molar-refractivity contribution < 1.29 is 17.9 Å². The van der Waals surface area contributed by atoms with Gasteiger partial charge in [-0.05, 0) is 42.4 Å². The molecule has 0 fully saturated rings. The van der Waals surface area contributed by atoms with Gasteiger partial charge in [0.15, 0.2) is 0 Å². The van der Waals surface area contributed by atoms with Crippen LogP contribution >= 0.6 is 0 Å². The van der Waals surface area contributed by atoms with E-state index in [0.717, 1.165) is 18.4 Å². The van der Waals surface area contributed by atoms with Gasteiger partial charge in [0.2, 0.25) is 0 Å². The van der Waals surface area contributed by atoms with Crippen LogP contribution in [0.2, 0.25) is 0 Å². The summed E-state index contributed by atoms with van der Waals surface area (Å²) in [5.74, 6) is 0. The third-order valence-electron chi connectivity index (χ3n) is 3.39. The second kappa shape index (κ2) is 5.92. The molecule has 19 heavy (non-hydrogen) atoms. The number of ether oxygens (including phenoxy) is 1. The molecule has 0 radical (unpaired) electrons. The highest BCUT2D eigenvalue weighted by Gasteiger charge is 2.27. The normalized spacial score (nSPS) is 16.4. The van der Waals surface area contributed by atoms with Crippen molar-refractivity contribution in [1.82, 2.24) is 0 Å². The van der Waals surface area contributed by atoms with E-state index in [9.17, 15) is 13.2 Å². The molecular formula is C14H18F3NO. The van der Waals surface area contributed by atoms with Gasteiger partial charge in [0.05, 0.1) is 0 Å². The number of rotatable bonds is 5. The average Bonchev–Trinajstić information content (AvgIpc) is 2.80. The molecule has 1 unspecified atom stereocenters. The van der Waals surface area contributed by atoms with Crippen molar-refractivity contribution in [3.05, 3.63) is 34.9 Å². The highest BCUT2D eigenvalue weighted by molar-refractivity contribution is 5.36. The minimum absolute atomic E-state index is 0.0256. The van der Waals surface area contributed by atoms with Crippen molar-refractivity contribution >= 4 is 0 Å². The first kappa shape index (κ1) is 14.3. The summed E-state index contributed by atoms with van der Waals surface area (Å²) in [5.41, 5.74) is 9.65. The van der Waals surface area contributed by atoms with Gasteiger partial charge in [-0.15, -0.1) is 0 Å². The van der Waals surface area contributed by atoms with E-state index < -0.39 is 12.8 Å². The molecule has 2 N–H and O–H groups in total. The second-order valence-electron chi connectivity index (χ2n) is 4.94. The number of hydrogen-bond acceptors (Lipinski definition) is 2. The Hall–Kier alpha value is -1.07. The van der Waals surface area contributed by atoms with Crippen LogP contribution in [-0.2, 0) is 17.6 Å². The topological polar surface area (TPSA) is 35.2 Å². The predicted octanol–water partition coefficient (Wildman–Crippen LogP) is 3.14. The van der Waals surface area contributed by atoms with Gasteiger partial charge >= 0.3 is 6.18 Å². The fourth-order valence-electron chi connectivity index (χ4n) is 2.39. The molecule has 1 aromatic carbocycles. The molecule has 5 heteroatoms. The molecule has 1 aliphatic rings. The predicted molar refractivity (Wildman–Crippen MR) is 66.9 cm³/mol. The molecule has 2 nitrogen and oxygen atoms in total. The van der Waals surface area contributed by atoms with Crippen LogP contribution in [0.4, 0.5) is 13.2 Å². The maximum Gasteiger partial charge on any atom is 0.411 e. The van der Waals surface area contributed by atoms with Crippen LogP contribution in [-0.4, -0.2) is 19.4 Å². The van der Waals surface area contributed by atoms with Gasteiger partial charge < -0.3 is 10.5 Å². The van der Waals surface area contributed by atoms with Crippen molar-refractivity contribution in [2.75, 3.05) is 13.2 Å². The molecule has 0 bridgehead atoms. The molecule has 1 aliphatic carbocycles. The summed E-state index contributed by atoms with van der Waals surface area (Å²) in [4.78, 5) is 0. The summed E-state index contributed by atoms with van der Waals surface area (Å²) >= 11 is 0. The molecule has 106 valence electrons. The number of nitrogens with two attached hydrogens (primary N) is 1. The lowest BCUT2D eigenvalue weighted by molar-refractivity contribution is -0.174. The van der Waals surface area contributed by atoms with E-state index in [2.05, 4.69) is 16.9 Å². The number of halogens is 3. The highest BCUT2D eigenvalue weighted by atomic mass is 19.4. The quantitative estimate of drug-likeness (QED) is 0.836. The first-order valence-corrected chi connectivity index (χ1v) is 6.47. The van der Waals surface area contributed by atoms with Crippen LogP contribution in [0.25, 0.3) is 0 Å². The van der Waals surface area contributed by atoms with Gasteiger partial charge in [-0.2, -0.15) is 13.2 Å². The van der Waals surface area contributed by atoms with E-state index in [4.69, 9.17) is 5.73 Å². The molecule has 0 aromatic heterocycles. The molecular weight excluding hydrogens is 255 g/mol. The number of fused-ring (bicyclic) bond motifs is 1. The van der Waals surface area contributed by atoms with Crippen molar-refractivity contribution in [1.29, 1.82) is 0 Å². The summed E-state index contributed by atoms with van der Waals surface area (Å²) < 4.78 is 40.3. The van der Waals surface area contributed by atoms with Crippen molar-refractivity contribution in [2.45, 2.75) is 37.9 Å². The minimum atomic E-state index is -4.27. The Bertz CT molecular complexity index is 431. The maximum atomic E-state index is 11.9. The van der Waals surface area contributed by atoms with E-state index in [1.54, 1.807) is 0 Å². The van der Waals surface area contributed by atoms with Crippen LogP contribution in [0.1, 0.15) is 35.6 Å². The Morgan fingerprint density at radius 2 is 1.95 bits per heavy atom. The van der Waals surface area contributed by atoms with Crippen LogP contribution < -0.4 is 5.73 Å². The number of hydrogen-bond donors (Lipinski definition) is 1. The lowest BCUT2D eigenvalue weighted by atomic mass is 10.00. The Balaban J connectivity index is 1.81. The van der Waals surface area contributed by atoms with Crippen LogP contribution in [0.15, 0.2) is 18.2 Å². The van der Waals surface area contributed by atoms with Crippen LogP contribution in [0.3, 0.4) is 0 Å². The Morgan fingerprint density at radius 3 is 2.68 bits per heavy atom. The third kappa shape index (κ3) is 4.21. The monoisotopic (exact) mass is 273 g/mol. The van der Waals surface area contributed by atoms with Gasteiger partial charge in [-0.3, -0.25) is 0 Å². The summed E-state index contributed by atoms with van der Waals surface area (Å²) in [6, 6.07) is 5.86. The molecule has 0 saturated carbocycles. The van der Waals surface area contributed by atoms with E-state index in [-0.39, 0.29) is 12.6 Å². The average molecular weight is 273 g/mol. The van der Waals surface area contributed by atoms with Gasteiger partial charge in [-0.1, -0.05) is 18.2 Å². The Kier molecular flexibility index (Phi) is 4.47. The molecule has 0 aliphatic heterocycles. The maximum absolute atomic E-state index is 11.9. The molecule has 2 rings (SSSR count). The summed E-state index contributed by atoms with van der Waals surface area (Å²) in [6.07, 6.45) is -0.519. The van der Waals surface area contributed by atoms with E-state index in [1.165, 1.54) is 17.5 Å². The molecule has 0 saturated heterocycles. The second-order valence-corrected chi connectivity index (χ2v) is 4.94. The molecule has 1 atom stereocenters. The molecule has 0 amide bonds. The number of alkyl halides is 3. The zero-order chi connectivity index (χ0) is 13.9. The number of aryl methyl sites for hydroxylation is 2. The Labute approximate surface area is 110 Å². The first-order valence-electron chi connectivity index (χ1n) is 6.47. The zero-order valence-electron chi connectivity index (χ0n) is 10.7. The lowest BCUT2D eigenvalue weighted by Crippen LogP contribution is -2.19. The smallest absolute Gasteiger partial charge is 0.372 e. The first-order chi connectivity index (χ1) is 8.96. The van der Waals surface area contributed by atoms with Crippen LogP contribution in [0.5, 0.6) is 0 Å². The minimum Gasteiger partial charge on any atom is -0.372 e. The standard InChI is InChI=1S/C14H18F3NO/c15-14(16,17)9-19-7-6-13(18)12-5-4-10-2-1-3-11(10)8-12/h4-5,8,13H,1-3,6-7,9,18H2. The lowest BCUT2D eigenvalue weighted by Gasteiger charge is -2.14. The molecule has 1 aromatic rings. The summed E-state index contributed by atoms with van der Waals surface area (Å²) in [6.45, 7) is -1.18. The third-order valence-corrected chi connectivity index (χ3v) is 3.39. The highest BCUT2D eigenvalue weighted by Crippen LogP contribution is 2.25. The molecule has 0 spiro atoms. The van der Waals surface area contributed by atoms with Gasteiger partial charge in [-0.25, -0.2) is 0 Å². The van der Waals surface area contributed by atoms with Crippen molar-refractivity contribution in [3.8, 4) is 0 Å². The van der Waals surface area contributed by atoms with Crippen LogP contribution in [0, 0.1) is 0 Å². The zero-order valence-corrected chi connectivity index (χ0v) is 10.7. The van der Waals surface area contributed by atoms with E-state index in [0.29, 0.717) is 6.42 Å². The van der Waals surface area contributed by atoms with Gasteiger partial charge in [0.1, 0.15) is 6.61 Å². The summed E-state index contributed by atoms with van der Waals surface area (Å²) in [5, 5.41) is 0. The summed E-state index contributed by atoms with van der Waals surface area (Å²) in [7, 11) is 0. The molecule has 0 heterocycles. The fraction of sp³-hybridized carbons (Fsp3) is 0.571. The van der Waals surface area contributed by atoms with E-state index in [1.807, 2.05) is 6.07 Å². The van der Waals surface area contributed by atoms with Crippen molar-refractivity contribution in [2.24, 2.45) is 5.73 Å². The fourth-order valence-corrected chi connectivity index (χ4v) is 2.39. The largest absolute Gasteiger partial charge is 0.411 e.